The van der Waals surface area contributed by atoms with Crippen molar-refractivity contribution >= 4 is 6.47 Å². The van der Waals surface area contributed by atoms with Crippen LogP contribution in [-0.4, -0.2) is 25.0 Å². The Labute approximate surface area is 47.1 Å². The minimum absolute atomic E-state index is 0.250. The van der Waals surface area contributed by atoms with Crippen molar-refractivity contribution in [3.63, 3.8) is 0 Å². The summed E-state index contributed by atoms with van der Waals surface area (Å²) >= 11 is 0. The Hall–Kier alpha value is -0.640. The molecule has 0 radical (unpaired) electrons. The number of ether oxygens (including phenoxy) is 1. The van der Waals surface area contributed by atoms with Gasteiger partial charge >= 0.3 is 0 Å². The minimum Gasteiger partial charge on any atom is -0.483 e. The first-order valence-corrected chi connectivity index (χ1v) is 1.93. The first-order chi connectivity index (χ1) is 3.68. The molecule has 0 saturated carbocycles. The lowest BCUT2D eigenvalue weighted by Crippen LogP contribution is -1.91. The molecule has 0 bridgehead atoms. The Kier molecular flexibility index (Phi) is 12.5. The molecule has 4 heteroatoms. The Bertz CT molecular complexity index is 46.5. The summed E-state index contributed by atoms with van der Waals surface area (Å²) < 4.78 is 15.3. The molecule has 0 amide bonds. The molecule has 0 aliphatic heterocycles. The topological polar surface area (TPSA) is 46.5 Å². The van der Waals surface area contributed by atoms with E-state index in [0.29, 0.717) is 0 Å². The monoisotopic (exact) mass is 124 g/mol. The van der Waals surface area contributed by atoms with E-state index < -0.39 is 6.36 Å². The summed E-state index contributed by atoms with van der Waals surface area (Å²) in [7, 11) is 1.32. The van der Waals surface area contributed by atoms with Crippen molar-refractivity contribution in [2.24, 2.45) is 0 Å². The third-order valence-electron chi connectivity index (χ3n) is 0.325. The van der Waals surface area contributed by atoms with Gasteiger partial charge in [0.15, 0.2) is 6.36 Å². The molecule has 0 fully saturated rings. The average Bonchev–Trinajstić information content (AvgIpc) is 1.69. The van der Waals surface area contributed by atoms with Crippen LogP contribution >= 0.6 is 0 Å². The van der Waals surface area contributed by atoms with Gasteiger partial charge in [-0.25, -0.2) is 4.39 Å². The minimum atomic E-state index is -1.12. The average molecular weight is 124 g/mol. The van der Waals surface area contributed by atoms with Crippen LogP contribution in [-0.2, 0) is 9.53 Å². The van der Waals surface area contributed by atoms with Gasteiger partial charge < -0.3 is 9.84 Å². The Morgan fingerprint density at radius 1 is 1.88 bits per heavy atom. The maximum Gasteiger partial charge on any atom is 0.290 e. The second-order valence-electron chi connectivity index (χ2n) is 0.884. The maximum absolute atomic E-state index is 11.2. The summed E-state index contributed by atoms with van der Waals surface area (Å²) in [6.45, 7) is 1.08. The number of hydrogen-bond donors (Lipinski definition) is 1. The maximum atomic E-state index is 11.2. The lowest BCUT2D eigenvalue weighted by molar-refractivity contribution is -0.122. The highest BCUT2D eigenvalue weighted by Gasteiger charge is 1.84. The fraction of sp³-hybridized carbons (Fsp3) is 0.750. The molecule has 0 aromatic carbocycles. The van der Waals surface area contributed by atoms with E-state index in [2.05, 4.69) is 4.74 Å². The molecule has 0 aromatic heterocycles. The predicted molar refractivity (Wildman–Crippen MR) is 26.3 cm³/mol. The number of carboxylic acid groups (broad SMARTS) is 1. The van der Waals surface area contributed by atoms with Crippen LogP contribution < -0.4 is 0 Å². The highest BCUT2D eigenvalue weighted by atomic mass is 19.1. The van der Waals surface area contributed by atoms with Crippen LogP contribution in [0.4, 0.5) is 4.39 Å². The summed E-state index contributed by atoms with van der Waals surface area (Å²) in [4.78, 5) is 8.36. The van der Waals surface area contributed by atoms with Gasteiger partial charge in [-0.3, -0.25) is 4.79 Å². The molecule has 0 heterocycles. The van der Waals surface area contributed by atoms with Crippen LogP contribution in [0.25, 0.3) is 0 Å². The zero-order chi connectivity index (χ0) is 6.99. The first-order valence-electron chi connectivity index (χ1n) is 1.93. The van der Waals surface area contributed by atoms with E-state index in [1.54, 1.807) is 0 Å². The van der Waals surface area contributed by atoms with Crippen molar-refractivity contribution in [3.05, 3.63) is 0 Å². The van der Waals surface area contributed by atoms with Gasteiger partial charge in [0.2, 0.25) is 0 Å². The predicted octanol–water partition coefficient (Wildman–Crippen LogP) is 0.649. The molecule has 1 atom stereocenters. The van der Waals surface area contributed by atoms with Gasteiger partial charge in [-0.2, -0.15) is 0 Å². The molecular formula is C4H9FO3. The van der Waals surface area contributed by atoms with Crippen molar-refractivity contribution in [2.45, 2.75) is 13.3 Å². The number of alkyl halides is 1. The Balaban J connectivity index is 0. The molecule has 1 unspecified atom stereocenters. The largest absolute Gasteiger partial charge is 0.483 e. The van der Waals surface area contributed by atoms with Gasteiger partial charge in [0.05, 0.1) is 0 Å². The van der Waals surface area contributed by atoms with Crippen molar-refractivity contribution in [1.82, 2.24) is 0 Å². The number of rotatable bonds is 1. The number of carbonyl (C=O) groups is 1. The van der Waals surface area contributed by atoms with Crippen LogP contribution in [0.15, 0.2) is 0 Å². The van der Waals surface area contributed by atoms with Crippen LogP contribution in [0.2, 0.25) is 0 Å². The summed E-state index contributed by atoms with van der Waals surface area (Å²) in [5.41, 5.74) is 0. The highest BCUT2D eigenvalue weighted by molar-refractivity contribution is 5.32. The van der Waals surface area contributed by atoms with Crippen molar-refractivity contribution < 1.29 is 19.0 Å². The summed E-state index contributed by atoms with van der Waals surface area (Å²) in [5.74, 6) is 0. The third-order valence-corrected chi connectivity index (χ3v) is 0.325. The van der Waals surface area contributed by atoms with Crippen molar-refractivity contribution in [2.75, 3.05) is 7.11 Å². The third kappa shape index (κ3) is 55.1. The number of hydrogen-bond acceptors (Lipinski definition) is 2. The summed E-state index contributed by atoms with van der Waals surface area (Å²) in [6, 6.07) is 0. The van der Waals surface area contributed by atoms with E-state index in [-0.39, 0.29) is 6.47 Å². The van der Waals surface area contributed by atoms with E-state index in [9.17, 15) is 4.39 Å². The van der Waals surface area contributed by atoms with Gasteiger partial charge in [-0.1, -0.05) is 0 Å². The molecule has 50 valence electrons. The molecule has 0 aliphatic carbocycles. The number of halogens is 1. The summed E-state index contributed by atoms with van der Waals surface area (Å²) in [5, 5.41) is 6.89. The van der Waals surface area contributed by atoms with Crippen LogP contribution in [0.5, 0.6) is 0 Å². The van der Waals surface area contributed by atoms with Gasteiger partial charge in [0.25, 0.3) is 6.47 Å². The van der Waals surface area contributed by atoms with Crippen molar-refractivity contribution in [3.8, 4) is 0 Å². The second-order valence-corrected chi connectivity index (χ2v) is 0.884. The Morgan fingerprint density at radius 2 is 2.00 bits per heavy atom. The smallest absolute Gasteiger partial charge is 0.290 e. The van der Waals surface area contributed by atoms with E-state index >= 15 is 0 Å². The fourth-order valence-electron chi connectivity index (χ4n) is 0. The molecule has 8 heavy (non-hydrogen) atoms. The quantitative estimate of drug-likeness (QED) is 0.522. The van der Waals surface area contributed by atoms with Gasteiger partial charge in [-0.05, 0) is 6.92 Å². The molecule has 0 rings (SSSR count). The lowest BCUT2D eigenvalue weighted by atomic mass is 10.8. The lowest BCUT2D eigenvalue weighted by Gasteiger charge is -1.90. The molecule has 0 spiro atoms. The summed E-state index contributed by atoms with van der Waals surface area (Å²) in [6.07, 6.45) is -1.12. The van der Waals surface area contributed by atoms with Gasteiger partial charge in [-0.15, -0.1) is 0 Å². The molecule has 3 nitrogen and oxygen atoms in total. The number of methoxy groups -OCH3 is 1. The SMILES string of the molecule is COC(C)F.O=CO. The highest BCUT2D eigenvalue weighted by Crippen LogP contribution is 1.82. The van der Waals surface area contributed by atoms with Crippen LogP contribution in [0.3, 0.4) is 0 Å². The molecule has 1 N–H and O–H groups in total. The van der Waals surface area contributed by atoms with Crippen LogP contribution in [0, 0.1) is 0 Å². The van der Waals surface area contributed by atoms with E-state index in [0.717, 1.165) is 0 Å². The van der Waals surface area contributed by atoms with Crippen LogP contribution in [0.1, 0.15) is 6.92 Å². The normalized spacial score (nSPS) is 10.9. The molecular weight excluding hydrogens is 115 g/mol. The Morgan fingerprint density at radius 3 is 2.00 bits per heavy atom. The molecule has 0 aliphatic rings. The van der Waals surface area contributed by atoms with Gasteiger partial charge in [0.1, 0.15) is 0 Å². The molecule has 0 aromatic rings. The van der Waals surface area contributed by atoms with E-state index in [4.69, 9.17) is 9.90 Å². The van der Waals surface area contributed by atoms with Crippen molar-refractivity contribution in [1.29, 1.82) is 0 Å². The fourth-order valence-corrected chi connectivity index (χ4v) is 0. The zero-order valence-electron chi connectivity index (χ0n) is 4.80. The van der Waals surface area contributed by atoms with E-state index in [1.807, 2.05) is 0 Å². The van der Waals surface area contributed by atoms with E-state index in [1.165, 1.54) is 14.0 Å². The van der Waals surface area contributed by atoms with Gasteiger partial charge in [0, 0.05) is 7.11 Å². The zero-order valence-corrected chi connectivity index (χ0v) is 4.80. The standard InChI is InChI=1S/C3H7FO.CH2O2/c1-3(4)5-2;2-1-3/h3H,1-2H3;1H,(H,2,3). The first kappa shape index (κ1) is 10.4. The second kappa shape index (κ2) is 9.61. The molecule has 0 saturated heterocycles.